The van der Waals surface area contributed by atoms with Gasteiger partial charge in [0.05, 0.1) is 25.5 Å². The molecule has 1 aromatic carbocycles. The second-order valence-electron chi connectivity index (χ2n) is 8.99. The summed E-state index contributed by atoms with van der Waals surface area (Å²) in [6.07, 6.45) is 6.30. The van der Waals surface area contributed by atoms with Crippen LogP contribution in [0.2, 0.25) is 0 Å². The predicted molar refractivity (Wildman–Crippen MR) is 136 cm³/mol. The van der Waals surface area contributed by atoms with Gasteiger partial charge in [-0.1, -0.05) is 19.4 Å². The topological polar surface area (TPSA) is 133 Å². The quantitative estimate of drug-likeness (QED) is 0.441. The van der Waals surface area contributed by atoms with Gasteiger partial charge in [0.1, 0.15) is 23.0 Å². The fourth-order valence-electron chi connectivity index (χ4n) is 4.27. The van der Waals surface area contributed by atoms with Gasteiger partial charge in [-0.25, -0.2) is 18.4 Å². The van der Waals surface area contributed by atoms with E-state index in [4.69, 9.17) is 9.47 Å². The molecule has 0 amide bonds. The van der Waals surface area contributed by atoms with Crippen LogP contribution in [0.5, 0.6) is 11.5 Å². The first kappa shape index (κ1) is 25.8. The average molecular weight is 516 g/mol. The molecule has 2 unspecified atom stereocenters. The lowest BCUT2D eigenvalue weighted by Gasteiger charge is -2.25. The Bertz CT molecular complexity index is 1270. The molecule has 1 aliphatic rings. The molecule has 2 N–H and O–H groups in total. The van der Waals surface area contributed by atoms with Crippen LogP contribution in [0.3, 0.4) is 0 Å². The van der Waals surface area contributed by atoms with Gasteiger partial charge in [-0.2, -0.15) is 0 Å². The molecule has 0 bridgehead atoms. The fraction of sp³-hybridized carbons (Fsp3) is 0.500. The van der Waals surface area contributed by atoms with E-state index in [9.17, 15) is 8.42 Å². The van der Waals surface area contributed by atoms with Crippen molar-refractivity contribution in [3.63, 3.8) is 0 Å². The van der Waals surface area contributed by atoms with E-state index in [1.165, 1.54) is 0 Å². The maximum Gasteiger partial charge on any atom is 0.243 e. The third-order valence-electron chi connectivity index (χ3n) is 6.57. The van der Waals surface area contributed by atoms with Crippen LogP contribution in [0.15, 0.2) is 30.6 Å². The summed E-state index contributed by atoms with van der Waals surface area (Å²) in [5.41, 5.74) is 1.43. The Kier molecular flexibility index (Phi) is 7.74. The zero-order chi connectivity index (χ0) is 25.9. The van der Waals surface area contributed by atoms with E-state index in [2.05, 4.69) is 30.2 Å². The van der Waals surface area contributed by atoms with Crippen LogP contribution in [0.4, 0.5) is 5.95 Å². The maximum atomic E-state index is 13.5. The van der Waals surface area contributed by atoms with E-state index < -0.39 is 21.2 Å². The Morgan fingerprint density at radius 1 is 1.08 bits per heavy atom. The lowest BCUT2D eigenvalue weighted by atomic mass is 10.0. The van der Waals surface area contributed by atoms with Crippen LogP contribution >= 0.6 is 0 Å². The molecule has 11 nitrogen and oxygen atoms in total. The zero-order valence-electron chi connectivity index (χ0n) is 21.2. The highest BCUT2D eigenvalue weighted by molar-refractivity contribution is 7.93. The number of hydrogen-bond donors (Lipinski definition) is 2. The highest BCUT2D eigenvalue weighted by Crippen LogP contribution is 2.38. The highest BCUT2D eigenvalue weighted by Gasteiger charge is 2.33. The molecule has 3 aromatic rings. The summed E-state index contributed by atoms with van der Waals surface area (Å²) in [6, 6.07) is 5.27. The molecule has 12 heteroatoms. The van der Waals surface area contributed by atoms with Crippen molar-refractivity contribution in [3.05, 3.63) is 47.8 Å². The molecule has 36 heavy (non-hydrogen) atoms. The van der Waals surface area contributed by atoms with Crippen LogP contribution in [-0.4, -0.2) is 59.2 Å². The molecular formula is C24H33N7O4S. The molecular weight excluding hydrogens is 482 g/mol. The van der Waals surface area contributed by atoms with E-state index in [0.717, 1.165) is 31.4 Å². The van der Waals surface area contributed by atoms with Crippen LogP contribution in [0.1, 0.15) is 62.3 Å². The Hall–Kier alpha value is -3.25. The molecule has 194 valence electrons. The number of aromatic nitrogens is 5. The minimum Gasteiger partial charge on any atom is -0.494 e. The Balaban J connectivity index is 1.77. The third kappa shape index (κ3) is 5.14. The van der Waals surface area contributed by atoms with Gasteiger partial charge in [-0.3, -0.25) is 9.29 Å². The summed E-state index contributed by atoms with van der Waals surface area (Å²) in [4.78, 5) is 8.64. The Morgan fingerprint density at radius 2 is 1.75 bits per heavy atom. The lowest BCUT2D eigenvalue weighted by Crippen LogP contribution is -2.32. The minimum atomic E-state index is -3.91. The van der Waals surface area contributed by atoms with Gasteiger partial charge >= 0.3 is 0 Å². The van der Waals surface area contributed by atoms with Gasteiger partial charge in [-0.05, 0) is 50.9 Å². The van der Waals surface area contributed by atoms with Crippen LogP contribution < -0.4 is 19.5 Å². The molecule has 3 atom stereocenters. The first-order valence-electron chi connectivity index (χ1n) is 12.0. The van der Waals surface area contributed by atoms with E-state index in [-0.39, 0.29) is 12.0 Å². The largest absolute Gasteiger partial charge is 0.494 e. The minimum absolute atomic E-state index is 0.0593. The number of hydrogen-bond acceptors (Lipinski definition) is 9. The van der Waals surface area contributed by atoms with Crippen molar-refractivity contribution in [1.29, 1.82) is 0 Å². The summed E-state index contributed by atoms with van der Waals surface area (Å²) in [5, 5.41) is 11.3. The second-order valence-corrected chi connectivity index (χ2v) is 11.0. The van der Waals surface area contributed by atoms with Gasteiger partial charge in [0.15, 0.2) is 5.82 Å². The van der Waals surface area contributed by atoms with Gasteiger partial charge < -0.3 is 14.8 Å². The van der Waals surface area contributed by atoms with E-state index in [1.807, 2.05) is 6.92 Å². The number of aryl methyl sites for hydroxylation is 1. The first-order chi connectivity index (χ1) is 17.3. The molecule has 0 aliphatic carbocycles. The number of nitrogens with one attached hydrogen (secondary N) is 2. The molecule has 1 fully saturated rings. The lowest BCUT2D eigenvalue weighted by molar-refractivity contribution is 0.379. The van der Waals surface area contributed by atoms with Crippen molar-refractivity contribution < 1.29 is 17.9 Å². The molecule has 0 saturated carbocycles. The van der Waals surface area contributed by atoms with Crippen molar-refractivity contribution in [2.24, 2.45) is 0 Å². The number of anilines is 1. The molecule has 0 radical (unpaired) electrons. The summed E-state index contributed by atoms with van der Waals surface area (Å²) in [6.45, 7) is 6.14. The molecule has 0 spiro atoms. The smallest absolute Gasteiger partial charge is 0.243 e. The molecule has 3 heterocycles. The number of para-hydroxylation sites is 1. The third-order valence-corrected chi connectivity index (χ3v) is 8.43. The van der Waals surface area contributed by atoms with Crippen molar-refractivity contribution in [1.82, 2.24) is 30.0 Å². The van der Waals surface area contributed by atoms with Crippen LogP contribution in [0, 0.1) is 6.92 Å². The van der Waals surface area contributed by atoms with E-state index >= 15 is 0 Å². The van der Waals surface area contributed by atoms with Gasteiger partial charge in [0.2, 0.25) is 16.0 Å². The second kappa shape index (κ2) is 10.8. The number of piperidine rings is 1. The number of ether oxygens (including phenoxy) is 2. The standard InChI is InChI=1S/C24H33N7O4S/c1-15-13-26-22(27-14-15)16(2)17(3)36(32,33)30-24-29-28-23(18-9-6-7-12-25-18)31(24)21-19(34-4)10-8-11-20(21)35-5/h8,10-11,13-14,16-18,25H,6-7,9,12H2,1-5H3,(H,29,30)/t16?,17?,18-/m0/s1. The Labute approximate surface area is 211 Å². The van der Waals surface area contributed by atoms with Crippen LogP contribution in [-0.2, 0) is 10.0 Å². The van der Waals surface area contributed by atoms with Gasteiger partial charge in [0.25, 0.3) is 0 Å². The maximum absolute atomic E-state index is 13.5. The SMILES string of the molecule is COc1cccc(OC)c1-n1c(NS(=O)(=O)C(C)C(C)c2ncc(C)cn2)nnc1[C@@H]1CCCCN1. The fourth-order valence-corrected chi connectivity index (χ4v) is 5.50. The highest BCUT2D eigenvalue weighted by atomic mass is 32.2. The zero-order valence-corrected chi connectivity index (χ0v) is 22.0. The van der Waals surface area contributed by atoms with Crippen molar-refractivity contribution >= 4 is 16.0 Å². The summed E-state index contributed by atoms with van der Waals surface area (Å²) in [7, 11) is -0.809. The first-order valence-corrected chi connectivity index (χ1v) is 13.5. The summed E-state index contributed by atoms with van der Waals surface area (Å²) >= 11 is 0. The summed E-state index contributed by atoms with van der Waals surface area (Å²) in [5.74, 6) is 1.64. The monoisotopic (exact) mass is 515 g/mol. The van der Waals surface area contributed by atoms with Crippen molar-refractivity contribution in [2.75, 3.05) is 25.5 Å². The van der Waals surface area contributed by atoms with E-state index in [0.29, 0.717) is 28.8 Å². The molecule has 1 saturated heterocycles. The van der Waals surface area contributed by atoms with Gasteiger partial charge in [-0.15, -0.1) is 10.2 Å². The summed E-state index contributed by atoms with van der Waals surface area (Å²) < 4.78 is 42.7. The number of rotatable bonds is 9. The van der Waals surface area contributed by atoms with Crippen LogP contribution in [0.25, 0.3) is 5.69 Å². The molecule has 4 rings (SSSR count). The molecule has 2 aromatic heterocycles. The molecule has 1 aliphatic heterocycles. The number of nitrogens with zero attached hydrogens (tertiary/aromatic N) is 5. The van der Waals surface area contributed by atoms with Crippen molar-refractivity contribution in [2.45, 2.75) is 57.2 Å². The van der Waals surface area contributed by atoms with Gasteiger partial charge in [0, 0.05) is 18.3 Å². The normalized spacial score (nSPS) is 17.9. The predicted octanol–water partition coefficient (Wildman–Crippen LogP) is 3.13. The number of benzene rings is 1. The number of sulfonamides is 1. The Morgan fingerprint density at radius 3 is 2.33 bits per heavy atom. The van der Waals surface area contributed by atoms with E-state index in [1.54, 1.807) is 63.2 Å². The number of methoxy groups -OCH3 is 2. The average Bonchev–Trinajstić information content (AvgIpc) is 3.30. The van der Waals surface area contributed by atoms with Crippen molar-refractivity contribution in [3.8, 4) is 17.2 Å².